The Morgan fingerprint density at radius 2 is 1.90 bits per heavy atom. The van der Waals surface area contributed by atoms with Gasteiger partial charge in [-0.3, -0.25) is 4.79 Å². The summed E-state index contributed by atoms with van der Waals surface area (Å²) in [6, 6.07) is 7.35. The number of hydrogen-bond donors (Lipinski definition) is 1. The number of hydrogen-bond acceptors (Lipinski definition) is 4. The lowest BCUT2D eigenvalue weighted by molar-refractivity contribution is -0.120. The minimum Gasteiger partial charge on any atom is -0.383 e. The molecular weight excluding hydrogens is 278 g/mol. The van der Waals surface area contributed by atoms with Crippen molar-refractivity contribution in [1.29, 1.82) is 0 Å². The van der Waals surface area contributed by atoms with E-state index in [1.165, 1.54) is 7.11 Å². The summed E-state index contributed by atoms with van der Waals surface area (Å²) in [6.07, 6.45) is -0.0160. The van der Waals surface area contributed by atoms with Crippen LogP contribution in [0.25, 0.3) is 0 Å². The maximum absolute atomic E-state index is 11.9. The highest BCUT2D eigenvalue weighted by Gasteiger charge is 2.14. The van der Waals surface area contributed by atoms with E-state index in [1.54, 1.807) is 12.1 Å². The minimum atomic E-state index is -3.27. The quantitative estimate of drug-likeness (QED) is 0.729. The number of amides is 1. The van der Waals surface area contributed by atoms with Crippen molar-refractivity contribution in [1.82, 2.24) is 5.32 Å². The third kappa shape index (κ3) is 6.68. The van der Waals surface area contributed by atoms with Crippen LogP contribution in [0.2, 0.25) is 0 Å². The van der Waals surface area contributed by atoms with Gasteiger partial charge in [0, 0.05) is 20.1 Å². The highest BCUT2D eigenvalue weighted by atomic mass is 32.2. The van der Waals surface area contributed by atoms with Gasteiger partial charge in [-0.15, -0.1) is 0 Å². The molecule has 112 valence electrons. The molecule has 0 radical (unpaired) electrons. The second-order valence-electron chi connectivity index (χ2n) is 4.67. The molecule has 0 bridgehead atoms. The Balaban J connectivity index is 2.41. The van der Waals surface area contributed by atoms with Crippen LogP contribution in [0.1, 0.15) is 17.5 Å². The first kappa shape index (κ1) is 16.7. The van der Waals surface area contributed by atoms with Gasteiger partial charge in [-0.2, -0.15) is 0 Å². The third-order valence-electron chi connectivity index (χ3n) is 2.78. The van der Waals surface area contributed by atoms with Gasteiger partial charge in [0.1, 0.15) is 0 Å². The summed E-state index contributed by atoms with van der Waals surface area (Å²) < 4.78 is 28.6. The Bertz CT molecular complexity index is 523. The van der Waals surface area contributed by atoms with Gasteiger partial charge in [-0.25, -0.2) is 8.42 Å². The summed E-state index contributed by atoms with van der Waals surface area (Å²) in [5, 5.41) is 2.60. The van der Waals surface area contributed by atoms with E-state index in [1.807, 2.05) is 19.1 Å². The first-order valence-electron chi connectivity index (χ1n) is 6.44. The van der Waals surface area contributed by atoms with Crippen molar-refractivity contribution in [2.45, 2.75) is 19.1 Å². The second kappa shape index (κ2) is 8.01. The van der Waals surface area contributed by atoms with Crippen molar-refractivity contribution in [2.24, 2.45) is 0 Å². The van der Waals surface area contributed by atoms with Crippen LogP contribution in [0.5, 0.6) is 0 Å². The van der Waals surface area contributed by atoms with Gasteiger partial charge in [0.15, 0.2) is 9.84 Å². The molecule has 1 aromatic carbocycles. The first-order valence-corrected chi connectivity index (χ1v) is 8.27. The standard InChI is InChI=1S/C14H21NO4S/c1-12-3-5-13(6-4-12)11-20(17,18)10-7-14(16)15-8-9-19-2/h3-6H,7-11H2,1-2H3,(H,15,16). The molecule has 0 aromatic heterocycles. The molecule has 0 unspecified atom stereocenters. The number of nitrogens with one attached hydrogen (secondary N) is 1. The van der Waals surface area contributed by atoms with E-state index in [9.17, 15) is 13.2 Å². The van der Waals surface area contributed by atoms with Crippen molar-refractivity contribution < 1.29 is 17.9 Å². The zero-order chi connectivity index (χ0) is 15.0. The number of aryl methyl sites for hydroxylation is 1. The number of sulfone groups is 1. The number of carbonyl (C=O) groups excluding carboxylic acids is 1. The molecule has 0 saturated heterocycles. The molecule has 0 fully saturated rings. The molecule has 0 atom stereocenters. The molecule has 0 heterocycles. The summed E-state index contributed by atoms with van der Waals surface area (Å²) in [5.74, 6) is -0.437. The van der Waals surface area contributed by atoms with Gasteiger partial charge in [-0.1, -0.05) is 29.8 Å². The van der Waals surface area contributed by atoms with Crippen molar-refractivity contribution in [3.8, 4) is 0 Å². The van der Waals surface area contributed by atoms with Crippen LogP contribution in [0.4, 0.5) is 0 Å². The molecule has 1 rings (SSSR count). The van der Waals surface area contributed by atoms with E-state index >= 15 is 0 Å². The average molecular weight is 299 g/mol. The van der Waals surface area contributed by atoms with Crippen LogP contribution >= 0.6 is 0 Å². The summed E-state index contributed by atoms with van der Waals surface area (Å²) in [6.45, 7) is 2.76. The number of rotatable bonds is 8. The van der Waals surface area contributed by atoms with Crippen LogP contribution in [0, 0.1) is 6.92 Å². The van der Waals surface area contributed by atoms with Gasteiger partial charge in [-0.05, 0) is 12.5 Å². The van der Waals surface area contributed by atoms with E-state index in [2.05, 4.69) is 5.32 Å². The van der Waals surface area contributed by atoms with Crippen LogP contribution < -0.4 is 5.32 Å². The molecule has 0 saturated carbocycles. The fourth-order valence-corrected chi connectivity index (χ4v) is 2.98. The molecule has 0 aliphatic carbocycles. The first-order chi connectivity index (χ1) is 9.43. The van der Waals surface area contributed by atoms with Crippen molar-refractivity contribution in [3.63, 3.8) is 0 Å². The summed E-state index contributed by atoms with van der Waals surface area (Å²) in [4.78, 5) is 11.4. The second-order valence-corrected chi connectivity index (χ2v) is 6.85. The third-order valence-corrected chi connectivity index (χ3v) is 4.37. The Labute approximate surface area is 120 Å². The van der Waals surface area contributed by atoms with E-state index < -0.39 is 9.84 Å². The molecular formula is C14H21NO4S. The lowest BCUT2D eigenvalue weighted by atomic mass is 10.2. The van der Waals surface area contributed by atoms with Crippen LogP contribution in [0.3, 0.4) is 0 Å². The monoisotopic (exact) mass is 299 g/mol. The number of ether oxygens (including phenoxy) is 1. The zero-order valence-electron chi connectivity index (χ0n) is 11.9. The number of benzene rings is 1. The highest BCUT2D eigenvalue weighted by Crippen LogP contribution is 2.09. The predicted molar refractivity (Wildman–Crippen MR) is 78.2 cm³/mol. The predicted octanol–water partition coefficient (Wildman–Crippen LogP) is 1.06. The summed E-state index contributed by atoms with van der Waals surface area (Å²) >= 11 is 0. The van der Waals surface area contributed by atoms with E-state index in [-0.39, 0.29) is 23.8 Å². The minimum absolute atomic E-state index is 0.0160. The fraction of sp³-hybridized carbons (Fsp3) is 0.500. The van der Waals surface area contributed by atoms with Gasteiger partial charge in [0.2, 0.25) is 5.91 Å². The van der Waals surface area contributed by atoms with E-state index in [4.69, 9.17) is 4.74 Å². The lowest BCUT2D eigenvalue weighted by Gasteiger charge is -2.06. The lowest BCUT2D eigenvalue weighted by Crippen LogP contribution is -2.28. The molecule has 1 amide bonds. The molecule has 5 nitrogen and oxygen atoms in total. The van der Waals surface area contributed by atoms with Gasteiger partial charge in [0.05, 0.1) is 18.1 Å². The number of carbonyl (C=O) groups is 1. The maximum Gasteiger partial charge on any atom is 0.221 e. The van der Waals surface area contributed by atoms with Crippen LogP contribution in [-0.2, 0) is 25.1 Å². The summed E-state index contributed by atoms with van der Waals surface area (Å²) in [5.41, 5.74) is 1.83. The smallest absolute Gasteiger partial charge is 0.221 e. The van der Waals surface area contributed by atoms with Gasteiger partial charge >= 0.3 is 0 Å². The Kier molecular flexibility index (Phi) is 6.67. The van der Waals surface area contributed by atoms with Crippen molar-refractivity contribution >= 4 is 15.7 Å². The van der Waals surface area contributed by atoms with E-state index in [0.29, 0.717) is 13.2 Å². The molecule has 6 heteroatoms. The van der Waals surface area contributed by atoms with Crippen molar-refractivity contribution in [3.05, 3.63) is 35.4 Å². The SMILES string of the molecule is COCCNC(=O)CCS(=O)(=O)Cc1ccc(C)cc1. The highest BCUT2D eigenvalue weighted by molar-refractivity contribution is 7.90. The zero-order valence-corrected chi connectivity index (χ0v) is 12.7. The largest absolute Gasteiger partial charge is 0.383 e. The summed E-state index contributed by atoms with van der Waals surface area (Å²) in [7, 11) is -1.73. The van der Waals surface area contributed by atoms with Crippen molar-refractivity contribution in [2.75, 3.05) is 26.0 Å². The Hall–Kier alpha value is -1.40. The topological polar surface area (TPSA) is 72.5 Å². The van der Waals surface area contributed by atoms with Gasteiger partial charge < -0.3 is 10.1 Å². The van der Waals surface area contributed by atoms with Gasteiger partial charge in [0.25, 0.3) is 0 Å². The molecule has 1 aromatic rings. The molecule has 1 N–H and O–H groups in total. The van der Waals surface area contributed by atoms with Crippen LogP contribution in [0.15, 0.2) is 24.3 Å². The van der Waals surface area contributed by atoms with Crippen LogP contribution in [-0.4, -0.2) is 40.3 Å². The van der Waals surface area contributed by atoms with E-state index in [0.717, 1.165) is 11.1 Å². The average Bonchev–Trinajstić information content (AvgIpc) is 2.39. The molecule has 0 aliphatic rings. The number of methoxy groups -OCH3 is 1. The fourth-order valence-electron chi connectivity index (χ4n) is 1.64. The Morgan fingerprint density at radius 1 is 1.25 bits per heavy atom. The normalized spacial score (nSPS) is 11.3. The molecule has 0 spiro atoms. The Morgan fingerprint density at radius 3 is 2.50 bits per heavy atom. The molecule has 0 aliphatic heterocycles. The maximum atomic E-state index is 11.9. The molecule has 20 heavy (non-hydrogen) atoms.